The topological polar surface area (TPSA) is 44.0 Å². The van der Waals surface area contributed by atoms with Gasteiger partial charge < -0.3 is 5.11 Å². The molecule has 0 unspecified atom stereocenters. The molecule has 1 aliphatic carbocycles. The molecule has 62 valence electrons. The standard InChI is InChI=1S/C9H15NO/c1-2-4-8-5-3-6-9(8,11)7-10/h8,11H,2-6H2,1H3/t8-,9-/m1/s1. The highest BCUT2D eigenvalue weighted by Crippen LogP contribution is 2.37. The highest BCUT2D eigenvalue weighted by atomic mass is 16.3. The van der Waals surface area contributed by atoms with Crippen LogP contribution in [0.5, 0.6) is 0 Å². The van der Waals surface area contributed by atoms with Gasteiger partial charge in [0.1, 0.15) is 0 Å². The lowest BCUT2D eigenvalue weighted by Crippen LogP contribution is -2.30. The first kappa shape index (κ1) is 8.55. The minimum Gasteiger partial charge on any atom is -0.375 e. The summed E-state index contributed by atoms with van der Waals surface area (Å²) < 4.78 is 0. The van der Waals surface area contributed by atoms with Crippen molar-refractivity contribution in [2.75, 3.05) is 0 Å². The lowest BCUT2D eigenvalue weighted by molar-refractivity contribution is 0.0547. The number of nitrogens with zero attached hydrogens (tertiary/aromatic N) is 1. The first-order valence-corrected chi connectivity index (χ1v) is 4.36. The van der Waals surface area contributed by atoms with Crippen LogP contribution in [0, 0.1) is 17.2 Å². The third-order valence-corrected chi connectivity index (χ3v) is 2.62. The van der Waals surface area contributed by atoms with Crippen molar-refractivity contribution in [3.63, 3.8) is 0 Å². The molecule has 1 N–H and O–H groups in total. The second-order valence-electron chi connectivity index (χ2n) is 3.41. The molecular weight excluding hydrogens is 138 g/mol. The van der Waals surface area contributed by atoms with Crippen LogP contribution in [-0.2, 0) is 0 Å². The summed E-state index contributed by atoms with van der Waals surface area (Å²) in [5.41, 5.74) is -0.990. The van der Waals surface area contributed by atoms with Gasteiger partial charge in [0.05, 0.1) is 6.07 Å². The van der Waals surface area contributed by atoms with Gasteiger partial charge in [-0.2, -0.15) is 5.26 Å². The molecule has 2 heteroatoms. The monoisotopic (exact) mass is 153 g/mol. The Bertz CT molecular complexity index is 173. The van der Waals surface area contributed by atoms with Crippen molar-refractivity contribution >= 4 is 0 Å². The van der Waals surface area contributed by atoms with Crippen LogP contribution in [0.4, 0.5) is 0 Å². The van der Waals surface area contributed by atoms with Gasteiger partial charge in [-0.3, -0.25) is 0 Å². The summed E-state index contributed by atoms with van der Waals surface area (Å²) in [6, 6.07) is 2.03. The molecule has 2 atom stereocenters. The summed E-state index contributed by atoms with van der Waals surface area (Å²) in [6.45, 7) is 2.09. The number of hydrogen-bond acceptors (Lipinski definition) is 2. The van der Waals surface area contributed by atoms with E-state index in [1.165, 1.54) is 0 Å². The number of rotatable bonds is 2. The molecule has 1 fully saturated rings. The van der Waals surface area contributed by atoms with Gasteiger partial charge in [-0.15, -0.1) is 0 Å². The molecule has 0 aromatic rings. The van der Waals surface area contributed by atoms with Gasteiger partial charge >= 0.3 is 0 Å². The number of hydrogen-bond donors (Lipinski definition) is 1. The fraction of sp³-hybridized carbons (Fsp3) is 0.889. The SMILES string of the molecule is CCC[C@@H]1CCC[C@@]1(O)C#N. The van der Waals surface area contributed by atoms with E-state index in [4.69, 9.17) is 5.26 Å². The average Bonchev–Trinajstić information content (AvgIpc) is 2.35. The van der Waals surface area contributed by atoms with Crippen molar-refractivity contribution in [1.82, 2.24) is 0 Å². The summed E-state index contributed by atoms with van der Waals surface area (Å²) in [5, 5.41) is 18.5. The molecule has 2 nitrogen and oxygen atoms in total. The molecule has 1 rings (SSSR count). The van der Waals surface area contributed by atoms with Gasteiger partial charge in [0.25, 0.3) is 0 Å². The van der Waals surface area contributed by atoms with Gasteiger partial charge in [-0.05, 0) is 25.7 Å². The van der Waals surface area contributed by atoms with Crippen molar-refractivity contribution in [2.45, 2.75) is 44.6 Å². The maximum atomic E-state index is 9.73. The fourth-order valence-electron chi connectivity index (χ4n) is 1.94. The van der Waals surface area contributed by atoms with Crippen LogP contribution in [0.25, 0.3) is 0 Å². The Labute approximate surface area is 67.8 Å². The average molecular weight is 153 g/mol. The first-order chi connectivity index (χ1) is 5.23. The zero-order valence-electron chi connectivity index (χ0n) is 7.01. The summed E-state index contributed by atoms with van der Waals surface area (Å²) in [6.07, 6.45) is 4.76. The minimum atomic E-state index is -0.990. The summed E-state index contributed by atoms with van der Waals surface area (Å²) in [7, 11) is 0. The van der Waals surface area contributed by atoms with E-state index < -0.39 is 5.60 Å². The van der Waals surface area contributed by atoms with Gasteiger partial charge in [0.2, 0.25) is 0 Å². The lowest BCUT2D eigenvalue weighted by atomic mass is 9.89. The van der Waals surface area contributed by atoms with Crippen molar-refractivity contribution in [3.05, 3.63) is 0 Å². The van der Waals surface area contributed by atoms with Crippen LogP contribution in [0.1, 0.15) is 39.0 Å². The van der Waals surface area contributed by atoms with E-state index in [9.17, 15) is 5.11 Å². The molecule has 0 amide bonds. The predicted octanol–water partition coefficient (Wildman–Crippen LogP) is 1.84. The van der Waals surface area contributed by atoms with Crippen molar-refractivity contribution in [2.24, 2.45) is 5.92 Å². The zero-order chi connectivity index (χ0) is 8.32. The largest absolute Gasteiger partial charge is 0.375 e. The molecule has 0 aromatic carbocycles. The Morgan fingerprint density at radius 2 is 2.45 bits per heavy atom. The van der Waals surface area contributed by atoms with Crippen molar-refractivity contribution < 1.29 is 5.11 Å². The van der Waals surface area contributed by atoms with Crippen LogP contribution >= 0.6 is 0 Å². The van der Waals surface area contributed by atoms with Gasteiger partial charge in [0.15, 0.2) is 5.60 Å². The van der Waals surface area contributed by atoms with Crippen LogP contribution in [0.3, 0.4) is 0 Å². The zero-order valence-corrected chi connectivity index (χ0v) is 7.01. The van der Waals surface area contributed by atoms with Gasteiger partial charge in [-0.1, -0.05) is 13.3 Å². The second kappa shape index (κ2) is 3.23. The van der Waals surface area contributed by atoms with Crippen molar-refractivity contribution in [3.8, 4) is 6.07 Å². The van der Waals surface area contributed by atoms with E-state index in [-0.39, 0.29) is 5.92 Å². The third-order valence-electron chi connectivity index (χ3n) is 2.62. The van der Waals surface area contributed by atoms with Crippen LogP contribution in [-0.4, -0.2) is 10.7 Å². The number of aliphatic hydroxyl groups is 1. The summed E-state index contributed by atoms with van der Waals surface area (Å²) in [4.78, 5) is 0. The fourth-order valence-corrected chi connectivity index (χ4v) is 1.94. The van der Waals surface area contributed by atoms with Gasteiger partial charge in [-0.25, -0.2) is 0 Å². The molecule has 0 spiro atoms. The van der Waals surface area contributed by atoms with E-state index >= 15 is 0 Å². The van der Waals surface area contributed by atoms with E-state index in [1.807, 2.05) is 6.07 Å². The molecule has 11 heavy (non-hydrogen) atoms. The molecule has 1 aliphatic rings. The Morgan fingerprint density at radius 1 is 1.73 bits per heavy atom. The Morgan fingerprint density at radius 3 is 3.00 bits per heavy atom. The van der Waals surface area contributed by atoms with Gasteiger partial charge in [0, 0.05) is 5.92 Å². The molecule has 0 aromatic heterocycles. The Hall–Kier alpha value is -0.550. The maximum Gasteiger partial charge on any atom is 0.153 e. The van der Waals surface area contributed by atoms with E-state index in [2.05, 4.69) is 6.92 Å². The molecule has 0 bridgehead atoms. The van der Waals surface area contributed by atoms with Crippen molar-refractivity contribution in [1.29, 1.82) is 5.26 Å². The highest BCUT2D eigenvalue weighted by molar-refractivity contribution is 5.07. The quantitative estimate of drug-likeness (QED) is 0.615. The molecule has 0 saturated heterocycles. The third kappa shape index (κ3) is 1.54. The minimum absolute atomic E-state index is 0.234. The Balaban J connectivity index is 2.59. The van der Waals surface area contributed by atoms with Crippen LogP contribution in [0.15, 0.2) is 0 Å². The smallest absolute Gasteiger partial charge is 0.153 e. The molecule has 0 radical (unpaired) electrons. The van der Waals surface area contributed by atoms with E-state index in [0.29, 0.717) is 6.42 Å². The van der Waals surface area contributed by atoms with Crippen LogP contribution < -0.4 is 0 Å². The highest BCUT2D eigenvalue weighted by Gasteiger charge is 2.40. The molecule has 1 saturated carbocycles. The number of nitriles is 1. The Kier molecular flexibility index (Phi) is 2.51. The first-order valence-electron chi connectivity index (χ1n) is 4.36. The van der Waals surface area contributed by atoms with E-state index in [0.717, 1.165) is 25.7 Å². The lowest BCUT2D eigenvalue weighted by Gasteiger charge is -2.21. The summed E-state index contributed by atoms with van der Waals surface area (Å²) >= 11 is 0. The van der Waals surface area contributed by atoms with Crippen LogP contribution in [0.2, 0.25) is 0 Å². The molecule has 0 aliphatic heterocycles. The van der Waals surface area contributed by atoms with E-state index in [1.54, 1.807) is 0 Å². The normalized spacial score (nSPS) is 37.0. The predicted molar refractivity (Wildman–Crippen MR) is 42.8 cm³/mol. The molecule has 0 heterocycles. The summed E-state index contributed by atoms with van der Waals surface area (Å²) in [5.74, 6) is 0.234. The molecular formula is C9H15NO. The maximum absolute atomic E-state index is 9.73. The second-order valence-corrected chi connectivity index (χ2v) is 3.41.